The zero-order valence-electron chi connectivity index (χ0n) is 13.9. The zero-order chi connectivity index (χ0) is 14.8. The van der Waals surface area contributed by atoms with Crippen LogP contribution in [0.15, 0.2) is 0 Å². The van der Waals surface area contributed by atoms with Crippen LogP contribution in [0.5, 0.6) is 0 Å². The molecule has 20 heavy (non-hydrogen) atoms. The molecule has 1 unspecified atom stereocenters. The molecule has 0 aromatic rings. The molecular formula is C17H35NOS. The van der Waals surface area contributed by atoms with Gasteiger partial charge in [0.15, 0.2) is 0 Å². The summed E-state index contributed by atoms with van der Waals surface area (Å²) in [6, 6.07) is 0. The van der Waals surface area contributed by atoms with Crippen LogP contribution in [0.1, 0.15) is 65.7 Å². The van der Waals surface area contributed by atoms with Crippen molar-refractivity contribution in [1.82, 2.24) is 4.90 Å². The molecule has 0 aromatic heterocycles. The van der Waals surface area contributed by atoms with E-state index in [9.17, 15) is 0 Å². The van der Waals surface area contributed by atoms with Crippen molar-refractivity contribution in [2.75, 3.05) is 32.0 Å². The Hall–Kier alpha value is 0.270. The Bertz CT molecular complexity index is 241. The van der Waals surface area contributed by atoms with Crippen LogP contribution in [0.2, 0.25) is 0 Å². The molecule has 0 N–H and O–H groups in total. The first-order valence-electron chi connectivity index (χ1n) is 8.64. The van der Waals surface area contributed by atoms with Gasteiger partial charge in [-0.15, -0.1) is 0 Å². The molecule has 0 amide bonds. The van der Waals surface area contributed by atoms with Crippen molar-refractivity contribution in [1.29, 1.82) is 0 Å². The maximum absolute atomic E-state index is 5.97. The summed E-state index contributed by atoms with van der Waals surface area (Å²) >= 11 is 4.69. The molecular weight excluding hydrogens is 266 g/mol. The van der Waals surface area contributed by atoms with Gasteiger partial charge in [0.25, 0.3) is 0 Å². The van der Waals surface area contributed by atoms with Crippen LogP contribution in [0.3, 0.4) is 0 Å². The monoisotopic (exact) mass is 301 g/mol. The maximum atomic E-state index is 5.97. The summed E-state index contributed by atoms with van der Waals surface area (Å²) in [6.45, 7) is 11.3. The lowest BCUT2D eigenvalue weighted by molar-refractivity contribution is -0.0116. The molecule has 0 spiro atoms. The molecule has 0 saturated carbocycles. The van der Waals surface area contributed by atoms with Crippen LogP contribution in [-0.4, -0.2) is 43.0 Å². The first-order chi connectivity index (χ1) is 9.69. The molecule has 0 bridgehead atoms. The van der Waals surface area contributed by atoms with Crippen LogP contribution < -0.4 is 0 Å². The molecule has 0 aliphatic carbocycles. The van der Waals surface area contributed by atoms with E-state index in [1.54, 1.807) is 0 Å². The molecule has 1 aliphatic rings. The highest BCUT2D eigenvalue weighted by molar-refractivity contribution is 7.80. The molecule has 1 heterocycles. The van der Waals surface area contributed by atoms with E-state index in [-0.39, 0.29) is 0 Å². The van der Waals surface area contributed by atoms with Gasteiger partial charge >= 0.3 is 0 Å². The molecule has 1 atom stereocenters. The maximum Gasteiger partial charge on any atom is 0.0702 e. The standard InChI is InChI=1S/C17H35NOS/c1-4-9-17(15-20,10-5-2)14-18-11-7-8-16(13-18)19-12-6-3/h16,20H,4-15H2,1-3H3. The van der Waals surface area contributed by atoms with Crippen molar-refractivity contribution >= 4 is 12.6 Å². The van der Waals surface area contributed by atoms with Gasteiger partial charge in [-0.05, 0) is 49.8 Å². The van der Waals surface area contributed by atoms with Gasteiger partial charge in [0.2, 0.25) is 0 Å². The predicted octanol–water partition coefficient (Wildman–Crippen LogP) is 4.39. The molecule has 3 heteroatoms. The van der Waals surface area contributed by atoms with E-state index in [4.69, 9.17) is 4.74 Å². The van der Waals surface area contributed by atoms with E-state index in [0.29, 0.717) is 11.5 Å². The Labute approximate surface area is 132 Å². The van der Waals surface area contributed by atoms with Crippen molar-refractivity contribution in [2.45, 2.75) is 71.8 Å². The second kappa shape index (κ2) is 10.1. The summed E-state index contributed by atoms with van der Waals surface area (Å²) in [6.07, 6.45) is 9.27. The van der Waals surface area contributed by atoms with E-state index >= 15 is 0 Å². The zero-order valence-corrected chi connectivity index (χ0v) is 14.8. The Balaban J connectivity index is 2.53. The fraction of sp³-hybridized carbons (Fsp3) is 1.00. The van der Waals surface area contributed by atoms with Crippen molar-refractivity contribution < 1.29 is 4.74 Å². The number of likely N-dealkylation sites (tertiary alicyclic amines) is 1. The summed E-state index contributed by atoms with van der Waals surface area (Å²) < 4.78 is 5.97. The number of hydrogen-bond donors (Lipinski definition) is 1. The number of rotatable bonds is 10. The Morgan fingerprint density at radius 2 is 1.85 bits per heavy atom. The SMILES string of the molecule is CCCOC1CCCN(CC(CS)(CCC)CCC)C1. The van der Waals surface area contributed by atoms with Crippen molar-refractivity contribution in [2.24, 2.45) is 5.41 Å². The van der Waals surface area contributed by atoms with Crippen LogP contribution in [-0.2, 0) is 4.74 Å². The van der Waals surface area contributed by atoms with Gasteiger partial charge in [-0.3, -0.25) is 0 Å². The highest BCUT2D eigenvalue weighted by atomic mass is 32.1. The first-order valence-corrected chi connectivity index (χ1v) is 9.27. The van der Waals surface area contributed by atoms with E-state index in [0.717, 1.165) is 25.3 Å². The Kier molecular flexibility index (Phi) is 9.23. The Morgan fingerprint density at radius 3 is 2.40 bits per heavy atom. The van der Waals surface area contributed by atoms with Gasteiger partial charge in [-0.25, -0.2) is 0 Å². The largest absolute Gasteiger partial charge is 0.377 e. The molecule has 1 aliphatic heterocycles. The first kappa shape index (κ1) is 18.3. The molecule has 1 saturated heterocycles. The average Bonchev–Trinajstić information content (AvgIpc) is 2.46. The fourth-order valence-electron chi connectivity index (χ4n) is 3.60. The van der Waals surface area contributed by atoms with E-state index in [2.05, 4.69) is 38.3 Å². The molecule has 1 fully saturated rings. The third kappa shape index (κ3) is 5.95. The second-order valence-corrected chi connectivity index (χ2v) is 6.84. The summed E-state index contributed by atoms with van der Waals surface area (Å²) in [5, 5.41) is 0. The van der Waals surface area contributed by atoms with Gasteiger partial charge in [-0.1, -0.05) is 33.6 Å². The highest BCUT2D eigenvalue weighted by Gasteiger charge is 2.31. The summed E-state index contributed by atoms with van der Waals surface area (Å²) in [7, 11) is 0. The lowest BCUT2D eigenvalue weighted by atomic mass is 9.80. The van der Waals surface area contributed by atoms with Gasteiger partial charge in [0.05, 0.1) is 6.10 Å². The fourth-order valence-corrected chi connectivity index (χ4v) is 4.02. The van der Waals surface area contributed by atoms with Gasteiger partial charge in [-0.2, -0.15) is 12.6 Å². The van der Waals surface area contributed by atoms with E-state index < -0.39 is 0 Å². The predicted molar refractivity (Wildman–Crippen MR) is 91.8 cm³/mol. The highest BCUT2D eigenvalue weighted by Crippen LogP contribution is 2.33. The third-order valence-corrected chi connectivity index (χ3v) is 5.15. The molecule has 2 nitrogen and oxygen atoms in total. The summed E-state index contributed by atoms with van der Waals surface area (Å²) in [5.74, 6) is 1.02. The minimum Gasteiger partial charge on any atom is -0.377 e. The van der Waals surface area contributed by atoms with Gasteiger partial charge in [0.1, 0.15) is 0 Å². The second-order valence-electron chi connectivity index (χ2n) is 6.53. The minimum absolute atomic E-state index is 0.416. The number of ether oxygens (including phenoxy) is 1. The third-order valence-electron chi connectivity index (χ3n) is 4.48. The molecule has 0 radical (unpaired) electrons. The lowest BCUT2D eigenvalue weighted by Gasteiger charge is -2.41. The summed E-state index contributed by atoms with van der Waals surface area (Å²) in [4.78, 5) is 2.64. The van der Waals surface area contributed by atoms with Crippen LogP contribution in [0, 0.1) is 5.41 Å². The van der Waals surface area contributed by atoms with E-state index in [1.165, 1.54) is 51.6 Å². The van der Waals surface area contributed by atoms with E-state index in [1.807, 2.05) is 0 Å². The van der Waals surface area contributed by atoms with Gasteiger partial charge < -0.3 is 9.64 Å². The van der Waals surface area contributed by atoms with Crippen LogP contribution >= 0.6 is 12.6 Å². The number of nitrogens with zero attached hydrogens (tertiary/aromatic N) is 1. The molecule has 120 valence electrons. The molecule has 0 aromatic carbocycles. The number of piperidine rings is 1. The van der Waals surface area contributed by atoms with Crippen molar-refractivity contribution in [3.63, 3.8) is 0 Å². The van der Waals surface area contributed by atoms with Crippen molar-refractivity contribution in [3.05, 3.63) is 0 Å². The quantitative estimate of drug-likeness (QED) is 0.601. The smallest absolute Gasteiger partial charge is 0.0702 e. The van der Waals surface area contributed by atoms with Crippen molar-refractivity contribution in [3.8, 4) is 0 Å². The van der Waals surface area contributed by atoms with Crippen LogP contribution in [0.25, 0.3) is 0 Å². The van der Waals surface area contributed by atoms with Crippen LogP contribution in [0.4, 0.5) is 0 Å². The number of hydrogen-bond acceptors (Lipinski definition) is 3. The van der Waals surface area contributed by atoms with Gasteiger partial charge in [0, 0.05) is 19.7 Å². The number of thiol groups is 1. The normalized spacial score (nSPS) is 21.3. The average molecular weight is 302 g/mol. The summed E-state index contributed by atoms with van der Waals surface area (Å²) in [5.41, 5.74) is 0.416. The minimum atomic E-state index is 0.416. The lowest BCUT2D eigenvalue weighted by Crippen LogP contribution is -2.46. The Morgan fingerprint density at radius 1 is 1.15 bits per heavy atom. The molecule has 1 rings (SSSR count). The topological polar surface area (TPSA) is 12.5 Å².